The standard InChI is InChI=1S/C16H22BrN3O/c1-16(2,3)19-8-13-7-14(17)9-18-15(13)20(4)10-12-5-6-21-11-12/h5-7,9,11,19H,8,10H2,1-4H3. The summed E-state index contributed by atoms with van der Waals surface area (Å²) in [5.41, 5.74) is 2.38. The maximum atomic E-state index is 5.13. The summed E-state index contributed by atoms with van der Waals surface area (Å²) in [7, 11) is 2.05. The Kier molecular flexibility index (Phi) is 5.06. The van der Waals surface area contributed by atoms with Gasteiger partial charge in [-0.15, -0.1) is 0 Å². The van der Waals surface area contributed by atoms with Gasteiger partial charge < -0.3 is 14.6 Å². The van der Waals surface area contributed by atoms with Crippen molar-refractivity contribution in [3.05, 3.63) is 46.5 Å². The molecule has 0 aromatic carbocycles. The van der Waals surface area contributed by atoms with Gasteiger partial charge in [0.25, 0.3) is 0 Å². The molecule has 0 spiro atoms. The molecule has 21 heavy (non-hydrogen) atoms. The molecular weight excluding hydrogens is 330 g/mol. The number of furan rings is 1. The van der Waals surface area contributed by atoms with Gasteiger partial charge in [0.2, 0.25) is 0 Å². The van der Waals surface area contributed by atoms with Gasteiger partial charge in [0, 0.05) is 47.5 Å². The van der Waals surface area contributed by atoms with E-state index < -0.39 is 0 Å². The molecule has 0 fully saturated rings. The summed E-state index contributed by atoms with van der Waals surface area (Å²) < 4.78 is 6.12. The minimum absolute atomic E-state index is 0.0721. The summed E-state index contributed by atoms with van der Waals surface area (Å²) in [4.78, 5) is 6.70. The Morgan fingerprint density at radius 3 is 2.76 bits per heavy atom. The molecular formula is C16H22BrN3O. The first-order valence-corrected chi connectivity index (χ1v) is 7.76. The lowest BCUT2D eigenvalue weighted by Gasteiger charge is -2.24. The summed E-state index contributed by atoms with van der Waals surface area (Å²) >= 11 is 3.50. The van der Waals surface area contributed by atoms with Crippen molar-refractivity contribution in [1.82, 2.24) is 10.3 Å². The van der Waals surface area contributed by atoms with E-state index in [0.717, 1.165) is 28.9 Å². The zero-order valence-electron chi connectivity index (χ0n) is 13.0. The molecule has 0 radical (unpaired) electrons. The minimum Gasteiger partial charge on any atom is -0.472 e. The number of nitrogens with one attached hydrogen (secondary N) is 1. The number of pyridine rings is 1. The third-order valence-electron chi connectivity index (χ3n) is 3.08. The van der Waals surface area contributed by atoms with Crippen LogP contribution in [0.25, 0.3) is 0 Å². The molecule has 5 heteroatoms. The summed E-state index contributed by atoms with van der Waals surface area (Å²) in [5.74, 6) is 0.983. The lowest BCUT2D eigenvalue weighted by molar-refractivity contribution is 0.424. The van der Waals surface area contributed by atoms with Gasteiger partial charge in [-0.25, -0.2) is 4.98 Å². The highest BCUT2D eigenvalue weighted by atomic mass is 79.9. The molecule has 0 saturated carbocycles. The zero-order valence-corrected chi connectivity index (χ0v) is 14.6. The molecule has 0 unspecified atom stereocenters. The molecule has 2 aromatic heterocycles. The summed E-state index contributed by atoms with van der Waals surface area (Å²) in [5, 5.41) is 3.51. The second-order valence-electron chi connectivity index (χ2n) is 6.23. The van der Waals surface area contributed by atoms with E-state index in [1.165, 1.54) is 5.56 Å². The summed E-state index contributed by atoms with van der Waals surface area (Å²) in [6.07, 6.45) is 5.30. The molecule has 114 valence electrons. The molecule has 0 saturated heterocycles. The maximum absolute atomic E-state index is 5.13. The topological polar surface area (TPSA) is 41.3 Å². The molecule has 2 rings (SSSR count). The van der Waals surface area contributed by atoms with Gasteiger partial charge in [-0.2, -0.15) is 0 Å². The Morgan fingerprint density at radius 1 is 1.38 bits per heavy atom. The first-order chi connectivity index (χ1) is 9.85. The predicted octanol–water partition coefficient (Wildman–Crippen LogP) is 3.96. The van der Waals surface area contributed by atoms with Crippen molar-refractivity contribution in [2.45, 2.75) is 39.4 Å². The fourth-order valence-electron chi connectivity index (χ4n) is 2.04. The first kappa shape index (κ1) is 16.0. The molecule has 0 amide bonds. The van der Waals surface area contributed by atoms with Crippen molar-refractivity contribution in [3.63, 3.8) is 0 Å². The van der Waals surface area contributed by atoms with Gasteiger partial charge in [0.1, 0.15) is 5.82 Å². The highest BCUT2D eigenvalue weighted by Crippen LogP contribution is 2.23. The van der Waals surface area contributed by atoms with Crippen molar-refractivity contribution in [1.29, 1.82) is 0 Å². The molecule has 2 heterocycles. The van der Waals surface area contributed by atoms with Crippen LogP contribution in [0.1, 0.15) is 31.9 Å². The number of hydrogen-bond acceptors (Lipinski definition) is 4. The van der Waals surface area contributed by atoms with E-state index in [1.807, 2.05) is 19.3 Å². The number of aromatic nitrogens is 1. The van der Waals surface area contributed by atoms with Gasteiger partial charge >= 0.3 is 0 Å². The van der Waals surface area contributed by atoms with E-state index in [-0.39, 0.29) is 5.54 Å². The number of nitrogens with zero attached hydrogens (tertiary/aromatic N) is 2. The van der Waals surface area contributed by atoms with Gasteiger partial charge in [0.15, 0.2) is 0 Å². The van der Waals surface area contributed by atoms with Crippen molar-refractivity contribution in [3.8, 4) is 0 Å². The van der Waals surface area contributed by atoms with Crippen LogP contribution in [0.15, 0.2) is 39.7 Å². The smallest absolute Gasteiger partial charge is 0.133 e. The predicted molar refractivity (Wildman–Crippen MR) is 89.3 cm³/mol. The maximum Gasteiger partial charge on any atom is 0.133 e. The quantitative estimate of drug-likeness (QED) is 0.884. The molecule has 0 aliphatic carbocycles. The van der Waals surface area contributed by atoms with Crippen molar-refractivity contribution >= 4 is 21.7 Å². The SMILES string of the molecule is CN(Cc1ccoc1)c1ncc(Br)cc1CNC(C)(C)C. The third-order valence-corrected chi connectivity index (χ3v) is 3.51. The van der Waals surface area contributed by atoms with Crippen LogP contribution in [0, 0.1) is 0 Å². The van der Waals surface area contributed by atoms with Crippen LogP contribution in [0.4, 0.5) is 5.82 Å². The van der Waals surface area contributed by atoms with Crippen LogP contribution in [0.3, 0.4) is 0 Å². The average molecular weight is 352 g/mol. The van der Waals surface area contributed by atoms with E-state index >= 15 is 0 Å². The number of hydrogen-bond donors (Lipinski definition) is 1. The minimum atomic E-state index is 0.0721. The lowest BCUT2D eigenvalue weighted by Crippen LogP contribution is -2.35. The van der Waals surface area contributed by atoms with E-state index in [0.29, 0.717) is 0 Å². The Hall–Kier alpha value is -1.33. The van der Waals surface area contributed by atoms with Gasteiger partial charge in [0.05, 0.1) is 12.5 Å². The fourth-order valence-corrected chi connectivity index (χ4v) is 2.42. The Morgan fingerprint density at radius 2 is 2.14 bits per heavy atom. The Bertz CT molecular complexity index is 576. The van der Waals surface area contributed by atoms with Gasteiger partial charge in [-0.1, -0.05) is 0 Å². The second-order valence-corrected chi connectivity index (χ2v) is 7.14. The molecule has 0 aliphatic rings. The van der Waals surface area contributed by atoms with Gasteiger partial charge in [-0.05, 0) is 48.8 Å². The molecule has 0 atom stereocenters. The van der Waals surface area contributed by atoms with Crippen LogP contribution in [0.2, 0.25) is 0 Å². The lowest BCUT2D eigenvalue weighted by atomic mass is 10.1. The third kappa shape index (κ3) is 4.86. The fraction of sp³-hybridized carbons (Fsp3) is 0.438. The molecule has 0 aliphatic heterocycles. The van der Waals surface area contributed by atoms with Crippen molar-refractivity contribution < 1.29 is 4.42 Å². The number of anilines is 1. The van der Waals surface area contributed by atoms with Crippen LogP contribution < -0.4 is 10.2 Å². The first-order valence-electron chi connectivity index (χ1n) is 6.97. The number of halogens is 1. The van der Waals surface area contributed by atoms with E-state index in [4.69, 9.17) is 4.42 Å². The van der Waals surface area contributed by atoms with Gasteiger partial charge in [-0.3, -0.25) is 0 Å². The van der Waals surface area contributed by atoms with Crippen LogP contribution in [0.5, 0.6) is 0 Å². The summed E-state index contributed by atoms with van der Waals surface area (Å²) in [6, 6.07) is 4.09. The largest absolute Gasteiger partial charge is 0.472 e. The van der Waals surface area contributed by atoms with E-state index in [2.05, 4.69) is 58.0 Å². The monoisotopic (exact) mass is 351 g/mol. The van der Waals surface area contributed by atoms with Crippen LogP contribution in [-0.4, -0.2) is 17.6 Å². The molecule has 1 N–H and O–H groups in total. The van der Waals surface area contributed by atoms with Crippen molar-refractivity contribution in [2.75, 3.05) is 11.9 Å². The molecule has 0 bridgehead atoms. The van der Waals surface area contributed by atoms with E-state index in [1.54, 1.807) is 12.5 Å². The molecule has 4 nitrogen and oxygen atoms in total. The highest BCUT2D eigenvalue weighted by molar-refractivity contribution is 9.10. The zero-order chi connectivity index (χ0) is 15.5. The second kappa shape index (κ2) is 6.62. The van der Waals surface area contributed by atoms with Crippen molar-refractivity contribution in [2.24, 2.45) is 0 Å². The highest BCUT2D eigenvalue weighted by Gasteiger charge is 2.14. The Balaban J connectivity index is 2.17. The normalized spacial score (nSPS) is 11.7. The Labute approximate surface area is 134 Å². The van der Waals surface area contributed by atoms with Crippen LogP contribution >= 0.6 is 15.9 Å². The summed E-state index contributed by atoms with van der Waals surface area (Å²) in [6.45, 7) is 8.03. The average Bonchev–Trinajstić information content (AvgIpc) is 2.88. The molecule has 2 aromatic rings. The number of rotatable bonds is 5. The van der Waals surface area contributed by atoms with Crippen LogP contribution in [-0.2, 0) is 13.1 Å². The van der Waals surface area contributed by atoms with E-state index in [9.17, 15) is 0 Å².